The summed E-state index contributed by atoms with van der Waals surface area (Å²) < 4.78 is 0.872. The standard InChI is InChI=1S/C8H4BrNO/c9-6-3-1-2-5-7(11)4-10-8(5)6/h1-4H. The van der Waals surface area contributed by atoms with E-state index in [1.807, 2.05) is 12.1 Å². The predicted molar refractivity (Wildman–Crippen MR) is 46.6 cm³/mol. The van der Waals surface area contributed by atoms with Crippen LogP contribution in [0.3, 0.4) is 0 Å². The Bertz CT molecular complexity index is 357. The third-order valence-electron chi connectivity index (χ3n) is 1.56. The van der Waals surface area contributed by atoms with Crippen molar-refractivity contribution in [3.05, 3.63) is 28.2 Å². The van der Waals surface area contributed by atoms with Crippen LogP contribution in [-0.4, -0.2) is 12.0 Å². The number of aliphatic imine (C=N–C) groups is 1. The Labute approximate surface area is 72.1 Å². The smallest absolute Gasteiger partial charge is 0.206 e. The number of benzene rings is 1. The van der Waals surface area contributed by atoms with Gasteiger partial charge in [-0.3, -0.25) is 9.79 Å². The molecule has 1 aromatic rings. The molecule has 0 fully saturated rings. The first-order valence-electron chi connectivity index (χ1n) is 3.16. The van der Waals surface area contributed by atoms with Crippen molar-refractivity contribution >= 4 is 33.6 Å². The van der Waals surface area contributed by atoms with Crippen molar-refractivity contribution in [3.8, 4) is 0 Å². The normalized spacial score (nSPS) is 13.7. The van der Waals surface area contributed by atoms with Crippen LogP contribution in [0.5, 0.6) is 0 Å². The summed E-state index contributed by atoms with van der Waals surface area (Å²) >= 11 is 3.31. The number of hydrogen-bond donors (Lipinski definition) is 0. The van der Waals surface area contributed by atoms with Gasteiger partial charge in [0.05, 0.1) is 17.5 Å². The summed E-state index contributed by atoms with van der Waals surface area (Å²) in [5.74, 6) is -0.0127. The summed E-state index contributed by atoms with van der Waals surface area (Å²) in [4.78, 5) is 15.0. The van der Waals surface area contributed by atoms with Gasteiger partial charge in [-0.05, 0) is 28.1 Å². The Morgan fingerprint density at radius 1 is 1.36 bits per heavy atom. The first-order valence-corrected chi connectivity index (χ1v) is 3.95. The Morgan fingerprint density at radius 3 is 2.91 bits per heavy atom. The lowest BCUT2D eigenvalue weighted by Crippen LogP contribution is -1.92. The summed E-state index contributed by atoms with van der Waals surface area (Å²) in [5.41, 5.74) is 1.43. The number of hydrogen-bond acceptors (Lipinski definition) is 2. The maximum Gasteiger partial charge on any atom is 0.206 e. The van der Waals surface area contributed by atoms with Crippen molar-refractivity contribution in [2.75, 3.05) is 0 Å². The van der Waals surface area contributed by atoms with Gasteiger partial charge in [-0.2, -0.15) is 0 Å². The molecule has 0 radical (unpaired) electrons. The van der Waals surface area contributed by atoms with E-state index in [1.54, 1.807) is 6.07 Å². The van der Waals surface area contributed by atoms with Gasteiger partial charge in [0.25, 0.3) is 0 Å². The highest BCUT2D eigenvalue weighted by atomic mass is 79.9. The molecule has 0 saturated heterocycles. The first-order chi connectivity index (χ1) is 5.29. The van der Waals surface area contributed by atoms with Gasteiger partial charge in [-0.25, -0.2) is 0 Å². The summed E-state index contributed by atoms with van der Waals surface area (Å²) in [6.07, 6.45) is 1.34. The van der Waals surface area contributed by atoms with E-state index in [9.17, 15) is 4.79 Å². The number of carbonyl (C=O) groups excluding carboxylic acids is 1. The Kier molecular flexibility index (Phi) is 1.39. The molecule has 0 saturated carbocycles. The van der Waals surface area contributed by atoms with Crippen molar-refractivity contribution in [2.24, 2.45) is 4.99 Å². The average molecular weight is 210 g/mol. The van der Waals surface area contributed by atoms with E-state index in [1.165, 1.54) is 6.21 Å². The van der Waals surface area contributed by atoms with Gasteiger partial charge in [-0.1, -0.05) is 6.07 Å². The van der Waals surface area contributed by atoms with Crippen LogP contribution in [0, 0.1) is 0 Å². The van der Waals surface area contributed by atoms with E-state index in [4.69, 9.17) is 0 Å². The highest BCUT2D eigenvalue weighted by Crippen LogP contribution is 2.31. The topological polar surface area (TPSA) is 29.4 Å². The first kappa shape index (κ1) is 6.73. The molecule has 0 aliphatic carbocycles. The zero-order chi connectivity index (χ0) is 7.84. The van der Waals surface area contributed by atoms with Crippen LogP contribution in [-0.2, 0) is 0 Å². The van der Waals surface area contributed by atoms with Gasteiger partial charge in [0, 0.05) is 4.47 Å². The molecule has 11 heavy (non-hydrogen) atoms. The number of ketones is 1. The molecule has 1 aliphatic rings. The summed E-state index contributed by atoms with van der Waals surface area (Å²) in [6, 6.07) is 5.47. The van der Waals surface area contributed by atoms with Gasteiger partial charge in [0.2, 0.25) is 5.78 Å². The Balaban J connectivity index is 2.74. The van der Waals surface area contributed by atoms with Gasteiger partial charge >= 0.3 is 0 Å². The predicted octanol–water partition coefficient (Wildman–Crippen LogP) is 2.35. The molecule has 0 spiro atoms. The number of Topliss-reactive ketones (excluding diaryl/α,β-unsaturated/α-hetero) is 1. The lowest BCUT2D eigenvalue weighted by Gasteiger charge is -1.95. The molecule has 2 rings (SSSR count). The van der Waals surface area contributed by atoms with Crippen LogP contribution in [0.25, 0.3) is 0 Å². The van der Waals surface area contributed by atoms with E-state index in [-0.39, 0.29) is 5.78 Å². The number of carbonyl (C=O) groups is 1. The molecular formula is C8H4BrNO. The van der Waals surface area contributed by atoms with Crippen molar-refractivity contribution in [2.45, 2.75) is 0 Å². The van der Waals surface area contributed by atoms with Gasteiger partial charge in [0.1, 0.15) is 0 Å². The van der Waals surface area contributed by atoms with Crippen molar-refractivity contribution in [1.82, 2.24) is 0 Å². The fourth-order valence-corrected chi connectivity index (χ4v) is 1.51. The fraction of sp³-hybridized carbons (Fsp3) is 0. The molecule has 1 aromatic carbocycles. The van der Waals surface area contributed by atoms with E-state index in [0.717, 1.165) is 10.2 Å². The third kappa shape index (κ3) is 0.922. The van der Waals surface area contributed by atoms with Crippen molar-refractivity contribution in [1.29, 1.82) is 0 Å². The molecule has 1 heterocycles. The number of nitrogens with zero attached hydrogens (tertiary/aromatic N) is 1. The monoisotopic (exact) mass is 209 g/mol. The number of para-hydroxylation sites is 1. The van der Waals surface area contributed by atoms with E-state index in [2.05, 4.69) is 20.9 Å². The molecule has 0 unspecified atom stereocenters. The van der Waals surface area contributed by atoms with Gasteiger partial charge < -0.3 is 0 Å². The molecule has 0 N–H and O–H groups in total. The number of rotatable bonds is 0. The largest absolute Gasteiger partial charge is 0.287 e. The van der Waals surface area contributed by atoms with Crippen LogP contribution in [0.2, 0.25) is 0 Å². The second-order valence-corrected chi connectivity index (χ2v) is 3.11. The third-order valence-corrected chi connectivity index (χ3v) is 2.20. The maximum absolute atomic E-state index is 11.0. The zero-order valence-electron chi connectivity index (χ0n) is 5.54. The summed E-state index contributed by atoms with van der Waals surface area (Å²) in [7, 11) is 0. The minimum atomic E-state index is -0.0127. The zero-order valence-corrected chi connectivity index (χ0v) is 7.13. The minimum Gasteiger partial charge on any atom is -0.287 e. The minimum absolute atomic E-state index is 0.0127. The molecule has 0 amide bonds. The van der Waals surface area contributed by atoms with Gasteiger partial charge in [-0.15, -0.1) is 0 Å². The fourth-order valence-electron chi connectivity index (χ4n) is 1.04. The molecule has 2 nitrogen and oxygen atoms in total. The summed E-state index contributed by atoms with van der Waals surface area (Å²) in [6.45, 7) is 0. The number of fused-ring (bicyclic) bond motifs is 1. The lowest BCUT2D eigenvalue weighted by molar-refractivity contribution is 0.107. The van der Waals surface area contributed by atoms with Crippen LogP contribution in [0.1, 0.15) is 10.4 Å². The maximum atomic E-state index is 11.0. The quantitative estimate of drug-likeness (QED) is 0.646. The van der Waals surface area contributed by atoms with E-state index < -0.39 is 0 Å². The SMILES string of the molecule is O=C1C=Nc2c(Br)cccc21. The molecule has 0 atom stereocenters. The van der Waals surface area contributed by atoms with Crippen LogP contribution >= 0.6 is 15.9 Å². The van der Waals surface area contributed by atoms with Crippen LogP contribution < -0.4 is 0 Å². The Morgan fingerprint density at radius 2 is 2.18 bits per heavy atom. The van der Waals surface area contributed by atoms with Gasteiger partial charge in [0.15, 0.2) is 0 Å². The summed E-state index contributed by atoms with van der Waals surface area (Å²) in [5, 5.41) is 0. The number of halogens is 1. The highest BCUT2D eigenvalue weighted by molar-refractivity contribution is 9.10. The van der Waals surface area contributed by atoms with Crippen molar-refractivity contribution < 1.29 is 4.79 Å². The lowest BCUT2D eigenvalue weighted by atomic mass is 10.1. The molecular weight excluding hydrogens is 206 g/mol. The van der Waals surface area contributed by atoms with Crippen LogP contribution in [0.15, 0.2) is 27.7 Å². The van der Waals surface area contributed by atoms with Crippen molar-refractivity contribution in [3.63, 3.8) is 0 Å². The second-order valence-electron chi connectivity index (χ2n) is 2.26. The highest BCUT2D eigenvalue weighted by Gasteiger charge is 2.16. The molecule has 3 heteroatoms. The van der Waals surface area contributed by atoms with E-state index in [0.29, 0.717) is 5.56 Å². The molecule has 0 bridgehead atoms. The molecule has 0 aromatic heterocycles. The average Bonchev–Trinajstić information content (AvgIpc) is 2.35. The Hall–Kier alpha value is -0.960. The molecule has 1 aliphatic heterocycles. The second kappa shape index (κ2) is 2.27. The molecule has 54 valence electrons. The van der Waals surface area contributed by atoms with Crippen LogP contribution in [0.4, 0.5) is 5.69 Å². The van der Waals surface area contributed by atoms with E-state index >= 15 is 0 Å².